The van der Waals surface area contributed by atoms with E-state index in [1.807, 2.05) is 36.4 Å². The molecular weight excluding hydrogens is 285 g/mol. The molecule has 1 nitrogen and oxygen atoms in total. The highest BCUT2D eigenvalue weighted by Gasteiger charge is 2.08. The van der Waals surface area contributed by atoms with Gasteiger partial charge < -0.3 is 0 Å². The van der Waals surface area contributed by atoms with E-state index in [0.717, 1.165) is 17.3 Å². The van der Waals surface area contributed by atoms with Crippen LogP contribution < -0.4 is 0 Å². The normalized spacial score (nSPS) is 17.0. The maximum atomic E-state index is 14.4. The lowest BCUT2D eigenvalue weighted by atomic mass is 9.98. The first-order valence-electron chi connectivity index (χ1n) is 10.7. The molecule has 0 radical (unpaired) electrons. The van der Waals surface area contributed by atoms with Crippen molar-refractivity contribution in [3.63, 3.8) is 0 Å². The average Bonchev–Trinajstić information content (AvgIpc) is 2.69. The van der Waals surface area contributed by atoms with Gasteiger partial charge in [-0.1, -0.05) is 56.2 Å². The number of halogens is 1. The zero-order valence-corrected chi connectivity index (χ0v) is 12.4. The van der Waals surface area contributed by atoms with Gasteiger partial charge in [-0.3, -0.25) is 4.98 Å². The van der Waals surface area contributed by atoms with E-state index in [2.05, 4.69) is 4.98 Å². The van der Waals surface area contributed by atoms with E-state index in [1.165, 1.54) is 12.1 Å². The number of benzene rings is 2. The molecule has 0 aliphatic heterocycles. The average molecular weight is 312 g/mol. The van der Waals surface area contributed by atoms with E-state index < -0.39 is 31.8 Å². The van der Waals surface area contributed by atoms with Crippen molar-refractivity contribution in [1.82, 2.24) is 4.98 Å². The molecule has 0 fully saturated rings. The van der Waals surface area contributed by atoms with Crippen molar-refractivity contribution in [2.75, 3.05) is 0 Å². The first kappa shape index (κ1) is 8.97. The number of pyridine rings is 1. The quantitative estimate of drug-likeness (QED) is 0.597. The van der Waals surface area contributed by atoms with E-state index >= 15 is 0 Å². The molecule has 3 rings (SSSR count). The molecule has 0 amide bonds. The van der Waals surface area contributed by atoms with Crippen molar-refractivity contribution in [3.05, 3.63) is 78.2 Å². The van der Waals surface area contributed by atoms with Gasteiger partial charge in [-0.15, -0.1) is 0 Å². The lowest BCUT2D eigenvalue weighted by molar-refractivity contribution is 0.574. The van der Waals surface area contributed by atoms with Gasteiger partial charge in [0.25, 0.3) is 0 Å². The van der Waals surface area contributed by atoms with E-state index in [-0.39, 0.29) is 5.56 Å². The molecule has 23 heavy (non-hydrogen) atoms. The second-order valence-electron chi connectivity index (χ2n) is 5.26. The fourth-order valence-electron chi connectivity index (χ4n) is 2.42. The Balaban J connectivity index is 1.96. The molecule has 0 saturated heterocycles. The molecule has 0 aliphatic rings. The maximum Gasteiger partial charge on any atom is 0.126 e. The van der Waals surface area contributed by atoms with Crippen LogP contribution >= 0.6 is 0 Å². The molecule has 116 valence electrons. The summed E-state index contributed by atoms with van der Waals surface area (Å²) in [6.07, 6.45) is 0.843. The van der Waals surface area contributed by atoms with Gasteiger partial charge in [0.05, 0.1) is 5.69 Å². The Labute approximate surface area is 146 Å². The third-order valence-corrected chi connectivity index (χ3v) is 3.58. The Hall–Kier alpha value is -2.48. The molecule has 2 heteroatoms. The van der Waals surface area contributed by atoms with Gasteiger partial charge >= 0.3 is 0 Å². The Morgan fingerprint density at radius 1 is 1.00 bits per heavy atom. The van der Waals surface area contributed by atoms with Crippen LogP contribution in [0.4, 0.5) is 4.39 Å². The Morgan fingerprint density at radius 2 is 1.78 bits per heavy atom. The first-order chi connectivity index (χ1) is 13.9. The Bertz CT molecular complexity index is 998. The summed E-state index contributed by atoms with van der Waals surface area (Å²) in [5.41, 5.74) is 2.78. The molecule has 0 spiro atoms. The zero-order chi connectivity index (χ0) is 22.2. The van der Waals surface area contributed by atoms with Crippen molar-refractivity contribution in [1.29, 1.82) is 0 Å². The van der Waals surface area contributed by atoms with Crippen LogP contribution in [0.1, 0.15) is 28.9 Å². The second-order valence-corrected chi connectivity index (χ2v) is 5.26. The Kier molecular flexibility index (Phi) is 2.63. The number of rotatable bonds is 4. The summed E-state index contributed by atoms with van der Waals surface area (Å²) in [5.74, 6) is -3.58. The van der Waals surface area contributed by atoms with E-state index in [9.17, 15) is 4.39 Å². The predicted molar refractivity (Wildman–Crippen MR) is 93.6 cm³/mol. The smallest absolute Gasteiger partial charge is 0.126 e. The van der Waals surface area contributed by atoms with Crippen molar-refractivity contribution in [3.8, 4) is 22.4 Å². The largest absolute Gasteiger partial charge is 0.256 e. The van der Waals surface area contributed by atoms with Crippen LogP contribution in [0.3, 0.4) is 0 Å². The standard InChI is InChI=1S/C21H20FN/c1-15(2)12-19-13-17(8-10-20(19)22)18-9-11-21(23-14-18)16-6-4-3-5-7-16/h3-11,13-15H,12H2,1-2H3/i1D3,2D3,15D. The summed E-state index contributed by atoms with van der Waals surface area (Å²) >= 11 is 0. The van der Waals surface area contributed by atoms with Gasteiger partial charge in [0, 0.05) is 26.9 Å². The van der Waals surface area contributed by atoms with Gasteiger partial charge in [-0.2, -0.15) is 0 Å². The van der Waals surface area contributed by atoms with Crippen LogP contribution in [-0.2, 0) is 6.42 Å². The zero-order valence-electron chi connectivity index (χ0n) is 19.4. The van der Waals surface area contributed by atoms with Crippen molar-refractivity contribution in [2.45, 2.75) is 20.1 Å². The van der Waals surface area contributed by atoms with Crippen molar-refractivity contribution in [2.24, 2.45) is 5.89 Å². The number of nitrogens with zero attached hydrogens (tertiary/aromatic N) is 1. The van der Waals surface area contributed by atoms with Crippen molar-refractivity contribution >= 4 is 0 Å². The van der Waals surface area contributed by atoms with Crippen LogP contribution in [0.25, 0.3) is 22.4 Å². The summed E-state index contributed by atoms with van der Waals surface area (Å²) in [6.45, 7) is -6.22. The van der Waals surface area contributed by atoms with Crippen LogP contribution in [0.5, 0.6) is 0 Å². The summed E-state index contributed by atoms with van der Waals surface area (Å²) in [4.78, 5) is 4.42. The topological polar surface area (TPSA) is 12.9 Å². The van der Waals surface area contributed by atoms with Gasteiger partial charge in [0.2, 0.25) is 0 Å². The fraction of sp³-hybridized carbons (Fsp3) is 0.190. The molecule has 0 aliphatic carbocycles. The summed E-state index contributed by atoms with van der Waals surface area (Å²) in [6, 6.07) is 17.2. The van der Waals surface area contributed by atoms with Crippen LogP contribution in [-0.4, -0.2) is 4.98 Å². The highest BCUT2D eigenvalue weighted by Crippen LogP contribution is 2.25. The third-order valence-electron chi connectivity index (χ3n) is 3.58. The lowest BCUT2D eigenvalue weighted by Gasteiger charge is -2.09. The van der Waals surface area contributed by atoms with Crippen LogP contribution in [0.2, 0.25) is 0 Å². The lowest BCUT2D eigenvalue weighted by Crippen LogP contribution is -1.98. The van der Waals surface area contributed by atoms with Crippen molar-refractivity contribution < 1.29 is 14.0 Å². The highest BCUT2D eigenvalue weighted by molar-refractivity contribution is 5.67. The van der Waals surface area contributed by atoms with Gasteiger partial charge in [0.15, 0.2) is 0 Å². The minimum absolute atomic E-state index is 0.137. The minimum Gasteiger partial charge on any atom is -0.256 e. The molecule has 3 aromatic rings. The molecule has 2 aromatic carbocycles. The second kappa shape index (κ2) is 6.74. The maximum absolute atomic E-state index is 14.4. The number of aromatic nitrogens is 1. The third kappa shape index (κ3) is 3.65. The minimum atomic E-state index is -3.11. The SMILES string of the molecule is [2H]C([2H])([2H])C([2H])(Cc1cc(-c2ccc(-c3ccccc3)nc2)ccc1F)C([2H])([2H])[2H]. The molecule has 0 unspecified atom stereocenters. The highest BCUT2D eigenvalue weighted by atomic mass is 19.1. The molecule has 1 aromatic heterocycles. The number of hydrogen-bond donors (Lipinski definition) is 0. The number of hydrogen-bond acceptors (Lipinski definition) is 1. The van der Waals surface area contributed by atoms with Crippen LogP contribution in [0, 0.1) is 11.7 Å². The molecule has 0 saturated carbocycles. The fourth-order valence-corrected chi connectivity index (χ4v) is 2.42. The molecule has 1 heterocycles. The van der Waals surface area contributed by atoms with E-state index in [4.69, 9.17) is 9.60 Å². The van der Waals surface area contributed by atoms with Crippen LogP contribution in [0.15, 0.2) is 66.9 Å². The van der Waals surface area contributed by atoms with Gasteiger partial charge in [-0.25, -0.2) is 4.39 Å². The van der Waals surface area contributed by atoms with Gasteiger partial charge in [-0.05, 0) is 41.6 Å². The molecule has 0 N–H and O–H groups in total. The van der Waals surface area contributed by atoms with E-state index in [0.29, 0.717) is 11.1 Å². The van der Waals surface area contributed by atoms with Gasteiger partial charge in [0.1, 0.15) is 5.82 Å². The first-order valence-corrected chi connectivity index (χ1v) is 7.23. The Morgan fingerprint density at radius 3 is 2.48 bits per heavy atom. The summed E-state index contributed by atoms with van der Waals surface area (Å²) in [5, 5.41) is 0. The van der Waals surface area contributed by atoms with E-state index in [1.54, 1.807) is 12.3 Å². The summed E-state index contributed by atoms with van der Waals surface area (Å²) in [7, 11) is 0. The molecular formula is C21H20FN. The summed E-state index contributed by atoms with van der Waals surface area (Å²) < 4.78 is 67.8. The monoisotopic (exact) mass is 312 g/mol. The predicted octanol–water partition coefficient (Wildman–Crippen LogP) is 5.75. The molecule has 0 bridgehead atoms. The molecule has 0 atom stereocenters.